The number of ether oxygens (including phenoxy) is 1. The van der Waals surface area contributed by atoms with Crippen LogP contribution in [0.25, 0.3) is 0 Å². The normalized spacial score (nSPS) is 17.3. The Bertz CT molecular complexity index is 192. The summed E-state index contributed by atoms with van der Waals surface area (Å²) in [6, 6.07) is 0. The quantitative estimate of drug-likeness (QED) is 0.500. The minimum atomic E-state index is 0.451. The van der Waals surface area contributed by atoms with Crippen LogP contribution in [0.3, 0.4) is 0 Å². The molecule has 0 aromatic carbocycles. The second-order valence-electron chi connectivity index (χ2n) is 2.98. The molecule has 0 aromatic heterocycles. The van der Waals surface area contributed by atoms with Crippen LogP contribution in [0.1, 0.15) is 26.7 Å². The molecular formula is C10H17NO. The Labute approximate surface area is 74.3 Å². The van der Waals surface area contributed by atoms with Crippen molar-refractivity contribution in [1.29, 1.82) is 0 Å². The first-order chi connectivity index (χ1) is 5.77. The molecule has 0 unspecified atom stereocenters. The van der Waals surface area contributed by atoms with Crippen molar-refractivity contribution in [3.05, 3.63) is 24.1 Å². The molecule has 0 radical (unpaired) electrons. The van der Waals surface area contributed by atoms with E-state index in [9.17, 15) is 0 Å². The van der Waals surface area contributed by atoms with Gasteiger partial charge >= 0.3 is 0 Å². The van der Waals surface area contributed by atoms with Crippen LogP contribution in [0.4, 0.5) is 0 Å². The van der Waals surface area contributed by atoms with Crippen LogP contribution in [0, 0.1) is 0 Å². The highest BCUT2D eigenvalue weighted by Gasteiger charge is 2.24. The molecule has 1 rings (SSSR count). The van der Waals surface area contributed by atoms with E-state index in [1.54, 1.807) is 0 Å². The number of rotatable bonds is 5. The fourth-order valence-corrected chi connectivity index (χ4v) is 0.979. The maximum Gasteiger partial charge on any atom is 0.137 e. The molecule has 12 heavy (non-hydrogen) atoms. The second kappa shape index (κ2) is 4.19. The second-order valence-corrected chi connectivity index (χ2v) is 2.98. The van der Waals surface area contributed by atoms with Crippen LogP contribution in [0.15, 0.2) is 24.1 Å². The highest BCUT2D eigenvalue weighted by atomic mass is 16.5. The minimum Gasteiger partial charge on any atom is -0.489 e. The molecule has 68 valence electrons. The Kier molecular flexibility index (Phi) is 3.20. The molecule has 0 bridgehead atoms. The van der Waals surface area contributed by atoms with Crippen LogP contribution in [-0.2, 0) is 4.74 Å². The highest BCUT2D eigenvalue weighted by molar-refractivity contribution is 5.20. The monoisotopic (exact) mass is 167 g/mol. The molecule has 2 nitrogen and oxygen atoms in total. The standard InChI is InChI=1S/C10H17NO/c1-4-10(8(3)11-5-2)12-9-6-7-9/h4,9,11H,3,5-7H2,1-2H3/b10-4+. The number of likely N-dealkylation sites (N-methyl/N-ethyl adjacent to an activating group) is 1. The minimum absolute atomic E-state index is 0.451. The Hall–Kier alpha value is -0.920. The van der Waals surface area contributed by atoms with Gasteiger partial charge in [-0.25, -0.2) is 0 Å². The first-order valence-corrected chi connectivity index (χ1v) is 4.54. The van der Waals surface area contributed by atoms with Crippen molar-refractivity contribution in [2.24, 2.45) is 0 Å². The van der Waals surface area contributed by atoms with Gasteiger partial charge in [0.25, 0.3) is 0 Å². The zero-order valence-corrected chi connectivity index (χ0v) is 7.89. The van der Waals surface area contributed by atoms with Gasteiger partial charge in [-0.2, -0.15) is 0 Å². The lowest BCUT2D eigenvalue weighted by Crippen LogP contribution is -2.14. The largest absolute Gasteiger partial charge is 0.489 e. The number of nitrogens with one attached hydrogen (secondary N) is 1. The van der Waals surface area contributed by atoms with Gasteiger partial charge in [-0.05, 0) is 32.8 Å². The average molecular weight is 167 g/mol. The van der Waals surface area contributed by atoms with Crippen molar-refractivity contribution >= 4 is 0 Å². The van der Waals surface area contributed by atoms with Crippen molar-refractivity contribution in [2.45, 2.75) is 32.8 Å². The van der Waals surface area contributed by atoms with Crippen LogP contribution in [0.2, 0.25) is 0 Å². The molecule has 0 saturated heterocycles. The smallest absolute Gasteiger partial charge is 0.137 e. The van der Waals surface area contributed by atoms with E-state index in [4.69, 9.17) is 4.74 Å². The van der Waals surface area contributed by atoms with Gasteiger partial charge in [0.05, 0.1) is 11.8 Å². The number of hydrogen-bond acceptors (Lipinski definition) is 2. The van der Waals surface area contributed by atoms with Gasteiger partial charge in [-0.1, -0.05) is 6.58 Å². The molecule has 0 atom stereocenters. The lowest BCUT2D eigenvalue weighted by molar-refractivity contribution is 0.201. The summed E-state index contributed by atoms with van der Waals surface area (Å²) in [5.74, 6) is 0.902. The summed E-state index contributed by atoms with van der Waals surface area (Å²) < 4.78 is 5.62. The third-order valence-corrected chi connectivity index (χ3v) is 1.77. The Balaban J connectivity index is 2.37. The van der Waals surface area contributed by atoms with Gasteiger partial charge in [0.1, 0.15) is 5.76 Å². The maximum atomic E-state index is 5.62. The summed E-state index contributed by atoms with van der Waals surface area (Å²) in [4.78, 5) is 0. The fraction of sp³-hybridized carbons (Fsp3) is 0.600. The Morgan fingerprint density at radius 2 is 2.33 bits per heavy atom. The lowest BCUT2D eigenvalue weighted by Gasteiger charge is -2.12. The molecule has 1 fully saturated rings. The summed E-state index contributed by atoms with van der Waals surface area (Å²) in [6.45, 7) is 8.81. The molecule has 1 saturated carbocycles. The van der Waals surface area contributed by atoms with Crippen LogP contribution >= 0.6 is 0 Å². The summed E-state index contributed by atoms with van der Waals surface area (Å²) in [5.41, 5.74) is 0.895. The lowest BCUT2D eigenvalue weighted by atomic mass is 10.3. The van der Waals surface area contributed by atoms with E-state index in [-0.39, 0.29) is 0 Å². The molecule has 0 amide bonds. The van der Waals surface area contributed by atoms with E-state index in [0.717, 1.165) is 18.0 Å². The van der Waals surface area contributed by atoms with E-state index in [0.29, 0.717) is 6.10 Å². The predicted molar refractivity (Wildman–Crippen MR) is 50.7 cm³/mol. The van der Waals surface area contributed by atoms with Gasteiger partial charge in [-0.3, -0.25) is 0 Å². The highest BCUT2D eigenvalue weighted by Crippen LogP contribution is 2.27. The van der Waals surface area contributed by atoms with Gasteiger partial charge < -0.3 is 10.1 Å². The number of hydrogen-bond donors (Lipinski definition) is 1. The van der Waals surface area contributed by atoms with Crippen LogP contribution in [-0.4, -0.2) is 12.6 Å². The van der Waals surface area contributed by atoms with E-state index in [1.807, 2.05) is 13.0 Å². The van der Waals surface area contributed by atoms with Crippen molar-refractivity contribution in [3.63, 3.8) is 0 Å². The van der Waals surface area contributed by atoms with E-state index in [2.05, 4.69) is 18.8 Å². The molecular weight excluding hydrogens is 150 g/mol. The predicted octanol–water partition coefficient (Wildman–Crippen LogP) is 2.19. The number of allylic oxidation sites excluding steroid dienone is 1. The summed E-state index contributed by atoms with van der Waals surface area (Å²) in [7, 11) is 0. The third-order valence-electron chi connectivity index (χ3n) is 1.77. The zero-order valence-electron chi connectivity index (χ0n) is 7.89. The van der Waals surface area contributed by atoms with Crippen molar-refractivity contribution < 1.29 is 4.74 Å². The Morgan fingerprint density at radius 1 is 1.67 bits per heavy atom. The first-order valence-electron chi connectivity index (χ1n) is 4.54. The summed E-state index contributed by atoms with van der Waals surface area (Å²) in [5, 5.41) is 3.14. The molecule has 0 heterocycles. The fourth-order valence-electron chi connectivity index (χ4n) is 0.979. The third kappa shape index (κ3) is 2.61. The first kappa shape index (κ1) is 9.17. The maximum absolute atomic E-state index is 5.62. The SMILES string of the molecule is C=C(NCC)/C(=C\C)OC1CC1. The molecule has 2 heteroatoms. The molecule has 1 N–H and O–H groups in total. The van der Waals surface area contributed by atoms with Gasteiger partial charge in [-0.15, -0.1) is 0 Å². The van der Waals surface area contributed by atoms with Gasteiger partial charge in [0.2, 0.25) is 0 Å². The van der Waals surface area contributed by atoms with Crippen molar-refractivity contribution in [3.8, 4) is 0 Å². The van der Waals surface area contributed by atoms with Gasteiger partial charge in [0, 0.05) is 6.54 Å². The molecule has 0 aliphatic heterocycles. The molecule has 1 aliphatic carbocycles. The zero-order chi connectivity index (χ0) is 8.97. The van der Waals surface area contributed by atoms with Crippen LogP contribution < -0.4 is 5.32 Å². The Morgan fingerprint density at radius 3 is 2.75 bits per heavy atom. The topological polar surface area (TPSA) is 21.3 Å². The summed E-state index contributed by atoms with van der Waals surface area (Å²) in [6.07, 6.45) is 4.79. The molecule has 1 aliphatic rings. The van der Waals surface area contributed by atoms with Crippen molar-refractivity contribution in [1.82, 2.24) is 5.32 Å². The average Bonchev–Trinajstić information content (AvgIpc) is 2.84. The molecule has 0 spiro atoms. The van der Waals surface area contributed by atoms with E-state index in [1.165, 1.54) is 12.8 Å². The van der Waals surface area contributed by atoms with E-state index < -0.39 is 0 Å². The molecule has 0 aromatic rings. The van der Waals surface area contributed by atoms with Crippen molar-refractivity contribution in [2.75, 3.05) is 6.54 Å². The summed E-state index contributed by atoms with van der Waals surface area (Å²) >= 11 is 0. The van der Waals surface area contributed by atoms with Gasteiger partial charge in [0.15, 0.2) is 0 Å². The van der Waals surface area contributed by atoms with Crippen LogP contribution in [0.5, 0.6) is 0 Å². The van der Waals surface area contributed by atoms with E-state index >= 15 is 0 Å².